The second-order valence-electron chi connectivity index (χ2n) is 7.79. The summed E-state index contributed by atoms with van der Waals surface area (Å²) < 4.78 is 10.7. The van der Waals surface area contributed by atoms with E-state index in [9.17, 15) is 9.59 Å². The van der Waals surface area contributed by atoms with E-state index in [-0.39, 0.29) is 29.8 Å². The Labute approximate surface area is 153 Å². The minimum absolute atomic E-state index is 0.0260. The van der Waals surface area contributed by atoms with E-state index in [1.165, 1.54) is 0 Å². The van der Waals surface area contributed by atoms with Gasteiger partial charge in [-0.2, -0.15) is 0 Å². The molecule has 0 rings (SSSR count). The maximum absolute atomic E-state index is 11.7. The first kappa shape index (κ1) is 24.0. The van der Waals surface area contributed by atoms with Crippen molar-refractivity contribution in [3.05, 3.63) is 0 Å². The summed E-state index contributed by atoms with van der Waals surface area (Å²) in [4.78, 5) is 23.4. The van der Waals surface area contributed by atoms with Crippen molar-refractivity contribution in [3.8, 4) is 0 Å². The molecule has 0 saturated carbocycles. The van der Waals surface area contributed by atoms with Gasteiger partial charge in [-0.1, -0.05) is 20.8 Å². The van der Waals surface area contributed by atoms with Gasteiger partial charge in [0.1, 0.15) is 6.61 Å². The summed E-state index contributed by atoms with van der Waals surface area (Å²) >= 11 is 0. The van der Waals surface area contributed by atoms with Crippen LogP contribution in [0.15, 0.2) is 0 Å². The number of hydrogen-bond acceptors (Lipinski definition) is 5. The standard InChI is InChI=1S/C19H38N2O4/c1-15(2)16(3)17(22)14-25-13-12-24-11-7-8-18(23)20-9-10-21-19(4,5)6/h15-16,21H,7-14H2,1-6H3,(H,20,23). The first-order chi connectivity index (χ1) is 11.6. The molecule has 0 fully saturated rings. The summed E-state index contributed by atoms with van der Waals surface area (Å²) in [5.41, 5.74) is 0.0675. The highest BCUT2D eigenvalue weighted by Crippen LogP contribution is 2.10. The molecule has 0 heterocycles. The molecule has 6 nitrogen and oxygen atoms in total. The van der Waals surface area contributed by atoms with Crippen molar-refractivity contribution in [2.75, 3.05) is 39.5 Å². The highest BCUT2D eigenvalue weighted by atomic mass is 16.5. The maximum Gasteiger partial charge on any atom is 0.220 e. The summed E-state index contributed by atoms with van der Waals surface area (Å²) in [5.74, 6) is 0.539. The number of ketones is 1. The molecule has 1 atom stereocenters. The number of carbonyl (C=O) groups excluding carboxylic acids is 2. The zero-order valence-electron chi connectivity index (χ0n) is 16.9. The van der Waals surface area contributed by atoms with E-state index in [1.54, 1.807) is 0 Å². The Bertz CT molecular complexity index is 378. The quantitative estimate of drug-likeness (QED) is 0.465. The second kappa shape index (κ2) is 13.3. The van der Waals surface area contributed by atoms with E-state index in [0.717, 1.165) is 6.54 Å². The number of amides is 1. The Balaban J connectivity index is 3.43. The van der Waals surface area contributed by atoms with Gasteiger partial charge in [0, 0.05) is 37.6 Å². The number of carbonyl (C=O) groups is 2. The highest BCUT2D eigenvalue weighted by Gasteiger charge is 2.16. The molecule has 0 saturated heterocycles. The van der Waals surface area contributed by atoms with E-state index >= 15 is 0 Å². The van der Waals surface area contributed by atoms with Gasteiger partial charge in [0.15, 0.2) is 5.78 Å². The third-order valence-electron chi connectivity index (χ3n) is 3.92. The van der Waals surface area contributed by atoms with Crippen LogP contribution in [0, 0.1) is 11.8 Å². The molecular formula is C19H38N2O4. The van der Waals surface area contributed by atoms with Crippen LogP contribution in [0.3, 0.4) is 0 Å². The molecule has 0 aromatic rings. The monoisotopic (exact) mass is 358 g/mol. The fourth-order valence-corrected chi connectivity index (χ4v) is 1.96. The second-order valence-corrected chi connectivity index (χ2v) is 7.79. The average Bonchev–Trinajstić information content (AvgIpc) is 2.52. The molecule has 0 aliphatic heterocycles. The van der Waals surface area contributed by atoms with Crippen molar-refractivity contribution >= 4 is 11.7 Å². The predicted octanol–water partition coefficient (Wildman–Crippen LogP) is 2.17. The molecule has 2 N–H and O–H groups in total. The molecule has 0 aromatic carbocycles. The lowest BCUT2D eigenvalue weighted by atomic mass is 9.94. The Kier molecular flexibility index (Phi) is 12.7. The van der Waals surface area contributed by atoms with Crippen molar-refractivity contribution in [1.29, 1.82) is 0 Å². The summed E-state index contributed by atoms with van der Waals surface area (Å²) in [7, 11) is 0. The highest BCUT2D eigenvalue weighted by molar-refractivity contribution is 5.82. The fourth-order valence-electron chi connectivity index (χ4n) is 1.96. The molecule has 1 unspecified atom stereocenters. The van der Waals surface area contributed by atoms with Crippen LogP contribution in [0.1, 0.15) is 54.4 Å². The molecule has 0 spiro atoms. The van der Waals surface area contributed by atoms with Crippen LogP contribution in [0.2, 0.25) is 0 Å². The molecule has 0 aliphatic rings. The lowest BCUT2D eigenvalue weighted by molar-refractivity contribution is -0.129. The zero-order chi connectivity index (χ0) is 19.3. The number of Topliss-reactive ketones (excluding diaryl/α,β-unsaturated/α-hetero) is 1. The van der Waals surface area contributed by atoms with Gasteiger partial charge >= 0.3 is 0 Å². The van der Waals surface area contributed by atoms with E-state index in [1.807, 2.05) is 20.8 Å². The normalized spacial score (nSPS) is 13.1. The van der Waals surface area contributed by atoms with Crippen molar-refractivity contribution in [3.63, 3.8) is 0 Å². The van der Waals surface area contributed by atoms with E-state index in [0.29, 0.717) is 45.1 Å². The molecule has 0 radical (unpaired) electrons. The van der Waals surface area contributed by atoms with Crippen molar-refractivity contribution in [2.24, 2.45) is 11.8 Å². The predicted molar refractivity (Wildman–Crippen MR) is 101 cm³/mol. The third-order valence-corrected chi connectivity index (χ3v) is 3.92. The SMILES string of the molecule is CC(C)C(C)C(=O)COCCOCCCC(=O)NCCNC(C)(C)C. The van der Waals surface area contributed by atoms with Gasteiger partial charge in [-0.15, -0.1) is 0 Å². The summed E-state index contributed by atoms with van der Waals surface area (Å²) in [6.07, 6.45) is 1.14. The van der Waals surface area contributed by atoms with Gasteiger partial charge in [-0.3, -0.25) is 9.59 Å². The van der Waals surface area contributed by atoms with Crippen molar-refractivity contribution < 1.29 is 19.1 Å². The number of rotatable bonds is 14. The van der Waals surface area contributed by atoms with Crippen LogP contribution >= 0.6 is 0 Å². The van der Waals surface area contributed by atoms with Crippen LogP contribution in [0.4, 0.5) is 0 Å². The lowest BCUT2D eigenvalue weighted by Crippen LogP contribution is -2.41. The topological polar surface area (TPSA) is 76.7 Å². The number of ether oxygens (including phenoxy) is 2. The summed E-state index contributed by atoms with van der Waals surface area (Å²) in [5, 5.41) is 6.20. The van der Waals surface area contributed by atoms with E-state index in [2.05, 4.69) is 31.4 Å². The Morgan fingerprint density at radius 3 is 2.20 bits per heavy atom. The van der Waals surface area contributed by atoms with Crippen molar-refractivity contribution in [1.82, 2.24) is 10.6 Å². The fraction of sp³-hybridized carbons (Fsp3) is 0.895. The van der Waals surface area contributed by atoms with Gasteiger partial charge in [-0.25, -0.2) is 0 Å². The average molecular weight is 359 g/mol. The smallest absolute Gasteiger partial charge is 0.220 e. The zero-order valence-corrected chi connectivity index (χ0v) is 16.9. The molecular weight excluding hydrogens is 320 g/mol. The molecule has 148 valence electrons. The van der Waals surface area contributed by atoms with Crippen LogP contribution < -0.4 is 10.6 Å². The van der Waals surface area contributed by atoms with Gasteiger partial charge in [0.25, 0.3) is 0 Å². The van der Waals surface area contributed by atoms with Crippen LogP contribution in [0.5, 0.6) is 0 Å². The lowest BCUT2D eigenvalue weighted by Gasteiger charge is -2.20. The van der Waals surface area contributed by atoms with Crippen LogP contribution in [-0.4, -0.2) is 56.7 Å². The van der Waals surface area contributed by atoms with Gasteiger partial charge < -0.3 is 20.1 Å². The van der Waals surface area contributed by atoms with Gasteiger partial charge in [0.05, 0.1) is 13.2 Å². The first-order valence-electron chi connectivity index (χ1n) is 9.33. The summed E-state index contributed by atoms with van der Waals surface area (Å²) in [6, 6.07) is 0. The summed E-state index contributed by atoms with van der Waals surface area (Å²) in [6.45, 7) is 15.2. The molecule has 0 aliphatic carbocycles. The van der Waals surface area contributed by atoms with E-state index in [4.69, 9.17) is 9.47 Å². The molecule has 6 heteroatoms. The molecule has 25 heavy (non-hydrogen) atoms. The van der Waals surface area contributed by atoms with Crippen LogP contribution in [-0.2, 0) is 19.1 Å². The van der Waals surface area contributed by atoms with Crippen LogP contribution in [0.25, 0.3) is 0 Å². The van der Waals surface area contributed by atoms with Crippen molar-refractivity contribution in [2.45, 2.75) is 59.9 Å². The Morgan fingerprint density at radius 1 is 0.960 bits per heavy atom. The number of hydrogen-bond donors (Lipinski definition) is 2. The first-order valence-corrected chi connectivity index (χ1v) is 9.33. The van der Waals surface area contributed by atoms with Gasteiger partial charge in [-0.05, 0) is 33.1 Å². The Morgan fingerprint density at radius 2 is 1.60 bits per heavy atom. The Hall–Kier alpha value is -0.980. The molecule has 0 bridgehead atoms. The minimum atomic E-state index is 0.0260. The number of nitrogens with one attached hydrogen (secondary N) is 2. The maximum atomic E-state index is 11.7. The van der Waals surface area contributed by atoms with Gasteiger partial charge in [0.2, 0.25) is 5.91 Å². The van der Waals surface area contributed by atoms with E-state index < -0.39 is 0 Å². The molecule has 1 amide bonds. The minimum Gasteiger partial charge on any atom is -0.379 e. The largest absolute Gasteiger partial charge is 0.379 e. The molecule has 0 aromatic heterocycles. The third kappa shape index (κ3) is 15.0.